The van der Waals surface area contributed by atoms with Gasteiger partial charge in [-0.2, -0.15) is 0 Å². The van der Waals surface area contributed by atoms with Crippen LogP contribution in [0.1, 0.15) is 21.6 Å². The Bertz CT molecular complexity index is 863. The number of hydrogen-bond acceptors (Lipinski definition) is 4. The standard InChI is InChI=1S/C19H17FN4O/c1-13-3-2-4-14(9-13)10-22-18-12-21-17(11-23-18)19(25)24-16-7-5-15(20)6-8-16/h2-9,11-12H,10H2,1H3,(H,22,23)(H,24,25). The molecule has 0 bridgehead atoms. The third-order valence-electron chi connectivity index (χ3n) is 3.54. The van der Waals surface area contributed by atoms with Crippen molar-refractivity contribution in [3.05, 3.63) is 83.6 Å². The van der Waals surface area contributed by atoms with E-state index in [2.05, 4.69) is 26.7 Å². The lowest BCUT2D eigenvalue weighted by Crippen LogP contribution is -2.14. The number of anilines is 2. The molecular weight excluding hydrogens is 319 g/mol. The quantitative estimate of drug-likeness (QED) is 0.744. The van der Waals surface area contributed by atoms with Gasteiger partial charge in [0.25, 0.3) is 5.91 Å². The first-order valence-corrected chi connectivity index (χ1v) is 7.78. The molecule has 25 heavy (non-hydrogen) atoms. The lowest BCUT2D eigenvalue weighted by atomic mass is 10.1. The van der Waals surface area contributed by atoms with Crippen LogP contribution in [-0.4, -0.2) is 15.9 Å². The van der Waals surface area contributed by atoms with Gasteiger partial charge in [-0.25, -0.2) is 14.4 Å². The average Bonchev–Trinajstić information content (AvgIpc) is 2.62. The number of halogens is 1. The van der Waals surface area contributed by atoms with Crippen LogP contribution in [-0.2, 0) is 6.54 Å². The molecule has 6 heteroatoms. The molecule has 0 aliphatic heterocycles. The minimum Gasteiger partial charge on any atom is -0.365 e. The van der Waals surface area contributed by atoms with E-state index in [0.29, 0.717) is 18.1 Å². The Morgan fingerprint density at radius 3 is 2.56 bits per heavy atom. The normalized spacial score (nSPS) is 10.3. The topological polar surface area (TPSA) is 66.9 Å². The molecule has 2 aromatic carbocycles. The Labute approximate surface area is 145 Å². The molecule has 0 unspecified atom stereocenters. The van der Waals surface area contributed by atoms with Crippen LogP contribution >= 0.6 is 0 Å². The lowest BCUT2D eigenvalue weighted by molar-refractivity contribution is 0.102. The number of rotatable bonds is 5. The Balaban J connectivity index is 1.59. The number of amides is 1. The zero-order valence-corrected chi connectivity index (χ0v) is 13.7. The second-order valence-corrected chi connectivity index (χ2v) is 5.59. The fourth-order valence-electron chi connectivity index (χ4n) is 2.28. The van der Waals surface area contributed by atoms with Crippen LogP contribution < -0.4 is 10.6 Å². The van der Waals surface area contributed by atoms with Crippen LogP contribution in [0, 0.1) is 12.7 Å². The minimum atomic E-state index is -0.399. The van der Waals surface area contributed by atoms with Gasteiger partial charge in [-0.3, -0.25) is 4.79 Å². The summed E-state index contributed by atoms with van der Waals surface area (Å²) in [5.41, 5.74) is 3.01. The number of nitrogens with zero attached hydrogens (tertiary/aromatic N) is 2. The van der Waals surface area contributed by atoms with Crippen LogP contribution in [0.25, 0.3) is 0 Å². The zero-order valence-electron chi connectivity index (χ0n) is 13.7. The van der Waals surface area contributed by atoms with E-state index in [1.807, 2.05) is 25.1 Å². The van der Waals surface area contributed by atoms with Gasteiger partial charge in [-0.05, 0) is 36.8 Å². The molecule has 1 amide bonds. The predicted octanol–water partition coefficient (Wildman–Crippen LogP) is 3.79. The molecule has 0 aliphatic carbocycles. The molecule has 0 fully saturated rings. The first-order chi connectivity index (χ1) is 12.1. The Hall–Kier alpha value is -3.28. The molecule has 1 aromatic heterocycles. The van der Waals surface area contributed by atoms with Crippen LogP contribution in [0.5, 0.6) is 0 Å². The predicted molar refractivity (Wildman–Crippen MR) is 94.9 cm³/mol. The summed E-state index contributed by atoms with van der Waals surface area (Å²) in [7, 11) is 0. The molecule has 3 rings (SSSR count). The van der Waals surface area contributed by atoms with Crippen molar-refractivity contribution in [2.45, 2.75) is 13.5 Å². The fourth-order valence-corrected chi connectivity index (χ4v) is 2.28. The van der Waals surface area contributed by atoms with Crippen LogP contribution in [0.3, 0.4) is 0 Å². The minimum absolute atomic E-state index is 0.186. The summed E-state index contributed by atoms with van der Waals surface area (Å²) in [6.07, 6.45) is 2.91. The monoisotopic (exact) mass is 336 g/mol. The number of aromatic nitrogens is 2. The van der Waals surface area contributed by atoms with Gasteiger partial charge < -0.3 is 10.6 Å². The van der Waals surface area contributed by atoms with Crippen molar-refractivity contribution in [3.8, 4) is 0 Å². The van der Waals surface area contributed by atoms with Crippen molar-refractivity contribution < 1.29 is 9.18 Å². The van der Waals surface area contributed by atoms with Crippen molar-refractivity contribution in [3.63, 3.8) is 0 Å². The van der Waals surface area contributed by atoms with Gasteiger partial charge in [0.05, 0.1) is 12.4 Å². The van der Waals surface area contributed by atoms with E-state index in [4.69, 9.17) is 0 Å². The third kappa shape index (κ3) is 4.60. The largest absolute Gasteiger partial charge is 0.365 e. The molecule has 0 spiro atoms. The highest BCUT2D eigenvalue weighted by Crippen LogP contribution is 2.11. The second-order valence-electron chi connectivity index (χ2n) is 5.59. The van der Waals surface area contributed by atoms with Crippen molar-refractivity contribution in [2.75, 3.05) is 10.6 Å². The molecule has 0 saturated heterocycles. The van der Waals surface area contributed by atoms with Gasteiger partial charge in [0.15, 0.2) is 0 Å². The van der Waals surface area contributed by atoms with E-state index in [0.717, 1.165) is 5.56 Å². The first-order valence-electron chi connectivity index (χ1n) is 7.78. The Morgan fingerprint density at radius 2 is 1.88 bits per heavy atom. The van der Waals surface area contributed by atoms with Crippen molar-refractivity contribution in [2.24, 2.45) is 0 Å². The molecule has 5 nitrogen and oxygen atoms in total. The van der Waals surface area contributed by atoms with Crippen LogP contribution in [0.15, 0.2) is 60.9 Å². The van der Waals surface area contributed by atoms with Crippen molar-refractivity contribution in [1.29, 1.82) is 0 Å². The number of carbonyl (C=O) groups is 1. The number of carbonyl (C=O) groups excluding carboxylic acids is 1. The maximum Gasteiger partial charge on any atom is 0.275 e. The molecule has 0 atom stereocenters. The van der Waals surface area contributed by atoms with Gasteiger partial charge in [-0.1, -0.05) is 29.8 Å². The van der Waals surface area contributed by atoms with Gasteiger partial charge in [0.1, 0.15) is 17.3 Å². The molecule has 3 aromatic rings. The van der Waals surface area contributed by atoms with Crippen molar-refractivity contribution in [1.82, 2.24) is 9.97 Å². The zero-order chi connectivity index (χ0) is 17.6. The SMILES string of the molecule is Cc1cccc(CNc2cnc(C(=O)Nc3ccc(F)cc3)cn2)c1. The molecule has 0 saturated carbocycles. The van der Waals surface area contributed by atoms with Crippen molar-refractivity contribution >= 4 is 17.4 Å². The van der Waals surface area contributed by atoms with Gasteiger partial charge in [0.2, 0.25) is 0 Å². The highest BCUT2D eigenvalue weighted by molar-refractivity contribution is 6.02. The number of nitrogens with one attached hydrogen (secondary N) is 2. The summed E-state index contributed by atoms with van der Waals surface area (Å²) in [4.78, 5) is 20.4. The molecule has 0 aliphatic rings. The van der Waals surface area contributed by atoms with E-state index >= 15 is 0 Å². The highest BCUT2D eigenvalue weighted by Gasteiger charge is 2.08. The maximum absolute atomic E-state index is 12.9. The Kier molecular flexibility index (Phi) is 4.99. The van der Waals surface area contributed by atoms with Crippen LogP contribution in [0.4, 0.5) is 15.9 Å². The van der Waals surface area contributed by atoms with Gasteiger partial charge >= 0.3 is 0 Å². The van der Waals surface area contributed by atoms with E-state index in [9.17, 15) is 9.18 Å². The summed E-state index contributed by atoms with van der Waals surface area (Å²) in [5.74, 6) is -0.175. The summed E-state index contributed by atoms with van der Waals surface area (Å²) < 4.78 is 12.9. The molecule has 0 radical (unpaired) electrons. The third-order valence-corrected chi connectivity index (χ3v) is 3.54. The smallest absolute Gasteiger partial charge is 0.275 e. The molecule has 1 heterocycles. The number of benzene rings is 2. The summed E-state index contributed by atoms with van der Waals surface area (Å²) >= 11 is 0. The molecule has 126 valence electrons. The maximum atomic E-state index is 12.9. The van der Waals surface area contributed by atoms with Gasteiger partial charge in [0, 0.05) is 12.2 Å². The average molecular weight is 336 g/mol. The van der Waals surface area contributed by atoms with E-state index < -0.39 is 5.91 Å². The van der Waals surface area contributed by atoms with Crippen LogP contribution in [0.2, 0.25) is 0 Å². The molecular formula is C19H17FN4O. The van der Waals surface area contributed by atoms with E-state index in [1.54, 1.807) is 0 Å². The Morgan fingerprint density at radius 1 is 1.08 bits per heavy atom. The fraction of sp³-hybridized carbons (Fsp3) is 0.105. The number of aryl methyl sites for hydroxylation is 1. The van der Waals surface area contributed by atoms with E-state index in [1.165, 1.54) is 42.2 Å². The highest BCUT2D eigenvalue weighted by atomic mass is 19.1. The van der Waals surface area contributed by atoms with E-state index in [-0.39, 0.29) is 11.5 Å². The van der Waals surface area contributed by atoms with Gasteiger partial charge in [-0.15, -0.1) is 0 Å². The summed E-state index contributed by atoms with van der Waals surface area (Å²) in [6.45, 7) is 2.66. The lowest BCUT2D eigenvalue weighted by Gasteiger charge is -2.07. The number of hydrogen-bond donors (Lipinski definition) is 2. The first kappa shape index (κ1) is 16.6. The summed E-state index contributed by atoms with van der Waals surface area (Å²) in [6, 6.07) is 13.7. The molecule has 2 N–H and O–H groups in total. The second kappa shape index (κ2) is 7.53. The summed E-state index contributed by atoms with van der Waals surface area (Å²) in [5, 5.41) is 5.80.